The number of nitrogens with zero attached hydrogens (tertiary/aromatic N) is 1. The van der Waals surface area contributed by atoms with Gasteiger partial charge < -0.3 is 0 Å². The highest BCUT2D eigenvalue weighted by Gasteiger charge is 2.07. The molecule has 0 amide bonds. The van der Waals surface area contributed by atoms with E-state index in [1.54, 1.807) is 0 Å². The molecule has 0 aliphatic carbocycles. The minimum atomic E-state index is -1.20. The van der Waals surface area contributed by atoms with Gasteiger partial charge in [-0.2, -0.15) is 0 Å². The van der Waals surface area contributed by atoms with E-state index in [0.29, 0.717) is 12.6 Å². The molecule has 0 aliphatic heterocycles. The lowest BCUT2D eigenvalue weighted by atomic mass is 10.2. The highest BCUT2D eigenvalue weighted by atomic mass is 19.2. The van der Waals surface area contributed by atoms with Gasteiger partial charge in [0.25, 0.3) is 0 Å². The second-order valence-electron chi connectivity index (χ2n) is 3.74. The Labute approximate surface area is 103 Å². The van der Waals surface area contributed by atoms with Crippen LogP contribution in [0.2, 0.25) is 0 Å². The molecule has 0 N–H and O–H groups in total. The molecule has 0 saturated carbocycles. The molecule has 0 spiro atoms. The Morgan fingerprint density at radius 1 is 0.889 bits per heavy atom. The molecule has 0 fully saturated rings. The molecule has 18 heavy (non-hydrogen) atoms. The van der Waals surface area contributed by atoms with Crippen LogP contribution in [0.25, 0.3) is 0 Å². The van der Waals surface area contributed by atoms with E-state index in [9.17, 15) is 13.2 Å². The zero-order valence-electron chi connectivity index (χ0n) is 9.41. The van der Waals surface area contributed by atoms with E-state index < -0.39 is 17.5 Å². The van der Waals surface area contributed by atoms with Crippen LogP contribution in [0.5, 0.6) is 0 Å². The lowest BCUT2D eigenvalue weighted by Crippen LogP contribution is -1.94. The lowest BCUT2D eigenvalue weighted by Gasteiger charge is -1.99. The molecule has 2 aromatic carbocycles. The molecule has 0 saturated heterocycles. The number of halogens is 3. The number of rotatable bonds is 3. The Morgan fingerprint density at radius 3 is 2.28 bits per heavy atom. The summed E-state index contributed by atoms with van der Waals surface area (Å²) in [5.41, 5.74) is 0.890. The minimum absolute atomic E-state index is 0.0650. The summed E-state index contributed by atoms with van der Waals surface area (Å²) in [4.78, 5) is 3.99. The summed E-state index contributed by atoms with van der Waals surface area (Å²) in [6.07, 6.45) is 1.20. The monoisotopic (exact) mass is 249 g/mol. The van der Waals surface area contributed by atoms with Gasteiger partial charge in [-0.1, -0.05) is 30.3 Å². The molecule has 0 bridgehead atoms. The zero-order valence-corrected chi connectivity index (χ0v) is 9.41. The summed E-state index contributed by atoms with van der Waals surface area (Å²) in [6, 6.07) is 10.7. The van der Waals surface area contributed by atoms with Gasteiger partial charge in [0, 0.05) is 17.8 Å². The summed E-state index contributed by atoms with van der Waals surface area (Å²) >= 11 is 0. The largest absolute Gasteiger partial charge is 0.288 e. The first kappa shape index (κ1) is 12.4. The summed E-state index contributed by atoms with van der Waals surface area (Å²) < 4.78 is 38.9. The van der Waals surface area contributed by atoms with Crippen LogP contribution < -0.4 is 0 Å². The maximum absolute atomic E-state index is 13.3. The van der Waals surface area contributed by atoms with Gasteiger partial charge >= 0.3 is 0 Å². The Morgan fingerprint density at radius 2 is 1.56 bits per heavy atom. The van der Waals surface area contributed by atoms with Gasteiger partial charge in [-0.05, 0) is 11.6 Å². The second-order valence-corrected chi connectivity index (χ2v) is 3.74. The highest BCUT2D eigenvalue weighted by Crippen LogP contribution is 2.12. The van der Waals surface area contributed by atoms with Crippen LogP contribution >= 0.6 is 0 Å². The van der Waals surface area contributed by atoms with Crippen LogP contribution in [0.4, 0.5) is 13.2 Å². The molecular formula is C14H10F3N. The lowest BCUT2D eigenvalue weighted by molar-refractivity contribution is 0.494. The summed E-state index contributed by atoms with van der Waals surface area (Å²) in [7, 11) is 0. The third kappa shape index (κ3) is 2.97. The Balaban J connectivity index is 2.12. The fraction of sp³-hybridized carbons (Fsp3) is 0.0714. The van der Waals surface area contributed by atoms with E-state index in [4.69, 9.17) is 0 Å². The van der Waals surface area contributed by atoms with E-state index >= 15 is 0 Å². The van der Waals surface area contributed by atoms with Crippen molar-refractivity contribution in [2.75, 3.05) is 0 Å². The number of benzene rings is 2. The van der Waals surface area contributed by atoms with Crippen molar-refractivity contribution in [3.63, 3.8) is 0 Å². The topological polar surface area (TPSA) is 12.4 Å². The van der Waals surface area contributed by atoms with Gasteiger partial charge in [-0.3, -0.25) is 4.99 Å². The molecule has 0 unspecified atom stereocenters. The highest BCUT2D eigenvalue weighted by molar-refractivity contribution is 5.79. The summed E-state index contributed by atoms with van der Waals surface area (Å²) in [5.74, 6) is -3.11. The van der Waals surface area contributed by atoms with E-state index in [0.717, 1.165) is 11.6 Å². The van der Waals surface area contributed by atoms with Crippen LogP contribution in [-0.4, -0.2) is 6.21 Å². The molecule has 4 heteroatoms. The van der Waals surface area contributed by atoms with Crippen molar-refractivity contribution in [1.82, 2.24) is 0 Å². The van der Waals surface area contributed by atoms with Crippen molar-refractivity contribution in [3.05, 3.63) is 71.0 Å². The van der Waals surface area contributed by atoms with Crippen molar-refractivity contribution >= 4 is 6.21 Å². The Hall–Kier alpha value is -2.10. The fourth-order valence-corrected chi connectivity index (χ4v) is 1.47. The van der Waals surface area contributed by atoms with Crippen LogP contribution in [0, 0.1) is 17.5 Å². The second kappa shape index (κ2) is 5.49. The SMILES string of the molecule is Fc1cc(F)c(C=NCc2ccccc2)cc1F. The molecule has 0 radical (unpaired) electrons. The molecule has 92 valence electrons. The van der Waals surface area contributed by atoms with Gasteiger partial charge in [-0.25, -0.2) is 13.2 Å². The first-order valence-electron chi connectivity index (χ1n) is 5.35. The standard InChI is InChI=1S/C14H10F3N/c15-12-7-14(17)13(16)6-11(12)9-18-8-10-4-2-1-3-5-10/h1-7,9H,8H2. The average molecular weight is 249 g/mol. The van der Waals surface area contributed by atoms with Crippen LogP contribution in [0.1, 0.15) is 11.1 Å². The maximum Gasteiger partial charge on any atom is 0.161 e. The van der Waals surface area contributed by atoms with Crippen LogP contribution in [0.15, 0.2) is 47.5 Å². The normalized spacial score (nSPS) is 11.1. The predicted octanol–water partition coefficient (Wildman–Crippen LogP) is 3.72. The van der Waals surface area contributed by atoms with Gasteiger partial charge in [0.15, 0.2) is 11.6 Å². The molecule has 0 atom stereocenters. The maximum atomic E-state index is 13.3. The van der Waals surface area contributed by atoms with Crippen molar-refractivity contribution in [1.29, 1.82) is 0 Å². The van der Waals surface area contributed by atoms with Gasteiger partial charge in [0.2, 0.25) is 0 Å². The van der Waals surface area contributed by atoms with Gasteiger partial charge in [0.1, 0.15) is 5.82 Å². The molecule has 0 aromatic heterocycles. The Kier molecular flexibility index (Phi) is 3.77. The minimum Gasteiger partial charge on any atom is -0.288 e. The number of hydrogen-bond donors (Lipinski definition) is 0. The molecule has 2 aromatic rings. The van der Waals surface area contributed by atoms with Gasteiger partial charge in [-0.15, -0.1) is 0 Å². The average Bonchev–Trinajstić information content (AvgIpc) is 2.37. The quantitative estimate of drug-likeness (QED) is 0.580. The van der Waals surface area contributed by atoms with E-state index in [1.165, 1.54) is 6.21 Å². The fourth-order valence-electron chi connectivity index (χ4n) is 1.47. The van der Waals surface area contributed by atoms with E-state index in [2.05, 4.69) is 4.99 Å². The van der Waals surface area contributed by atoms with Crippen molar-refractivity contribution in [3.8, 4) is 0 Å². The van der Waals surface area contributed by atoms with E-state index in [1.807, 2.05) is 30.3 Å². The summed E-state index contributed by atoms with van der Waals surface area (Å²) in [5, 5.41) is 0. The van der Waals surface area contributed by atoms with Crippen molar-refractivity contribution in [2.45, 2.75) is 6.54 Å². The summed E-state index contributed by atoms with van der Waals surface area (Å²) in [6.45, 7) is 0.360. The third-order valence-corrected chi connectivity index (χ3v) is 2.39. The van der Waals surface area contributed by atoms with Crippen LogP contribution in [-0.2, 0) is 6.54 Å². The van der Waals surface area contributed by atoms with Gasteiger partial charge in [0.05, 0.1) is 6.54 Å². The van der Waals surface area contributed by atoms with E-state index in [-0.39, 0.29) is 5.56 Å². The molecule has 1 nitrogen and oxygen atoms in total. The first-order valence-corrected chi connectivity index (χ1v) is 5.35. The molecule has 2 rings (SSSR count). The predicted molar refractivity (Wildman–Crippen MR) is 64.1 cm³/mol. The number of aliphatic imine (C=N–C) groups is 1. The third-order valence-electron chi connectivity index (χ3n) is 2.39. The van der Waals surface area contributed by atoms with Crippen molar-refractivity contribution in [2.24, 2.45) is 4.99 Å². The molecule has 0 aliphatic rings. The van der Waals surface area contributed by atoms with Crippen LogP contribution in [0.3, 0.4) is 0 Å². The zero-order chi connectivity index (χ0) is 13.0. The first-order chi connectivity index (χ1) is 8.66. The Bertz CT molecular complexity index is 565. The van der Waals surface area contributed by atoms with Crippen molar-refractivity contribution < 1.29 is 13.2 Å². The number of hydrogen-bond acceptors (Lipinski definition) is 1. The smallest absolute Gasteiger partial charge is 0.161 e. The molecular weight excluding hydrogens is 239 g/mol. The molecule has 0 heterocycles.